The number of hydrogen-bond donors (Lipinski definition) is 2. The molecule has 2 aromatic heterocycles. The Labute approximate surface area is 167 Å². The van der Waals surface area contributed by atoms with Gasteiger partial charge in [-0.15, -0.1) is 0 Å². The zero-order valence-electron chi connectivity index (χ0n) is 15.4. The fourth-order valence-corrected chi connectivity index (χ4v) is 3.29. The number of methoxy groups -OCH3 is 1. The minimum absolute atomic E-state index is 0.384. The second-order valence-corrected chi connectivity index (χ2v) is 6.77. The van der Waals surface area contributed by atoms with Crippen molar-refractivity contribution in [2.24, 2.45) is 5.73 Å². The van der Waals surface area contributed by atoms with Crippen LogP contribution in [0.15, 0.2) is 61.2 Å². The third kappa shape index (κ3) is 3.57. The first-order chi connectivity index (χ1) is 13.7. The van der Waals surface area contributed by atoms with Crippen LogP contribution in [0.25, 0.3) is 22.2 Å². The number of aromatic amines is 1. The molecule has 142 valence electrons. The maximum absolute atomic E-state index is 5.86. The van der Waals surface area contributed by atoms with Gasteiger partial charge in [-0.05, 0) is 30.3 Å². The Morgan fingerprint density at radius 2 is 2.07 bits per heavy atom. The average Bonchev–Trinajstić information content (AvgIpc) is 3.34. The topological polar surface area (TPSA) is 78.1 Å². The lowest BCUT2D eigenvalue weighted by molar-refractivity contribution is 0.297. The summed E-state index contributed by atoms with van der Waals surface area (Å²) in [4.78, 5) is 8.00. The van der Waals surface area contributed by atoms with E-state index in [0.29, 0.717) is 18.1 Å². The van der Waals surface area contributed by atoms with E-state index < -0.39 is 0 Å². The zero-order chi connectivity index (χ0) is 19.5. The number of nitrogens with zero attached hydrogens (tertiary/aromatic N) is 2. The van der Waals surface area contributed by atoms with Crippen LogP contribution < -0.4 is 15.2 Å². The molecule has 4 rings (SSSR count). The van der Waals surface area contributed by atoms with Crippen molar-refractivity contribution in [3.8, 4) is 22.8 Å². The quantitative estimate of drug-likeness (QED) is 0.468. The third-order valence-corrected chi connectivity index (χ3v) is 4.83. The van der Waals surface area contributed by atoms with Crippen LogP contribution in [-0.2, 0) is 6.54 Å². The van der Waals surface area contributed by atoms with Crippen LogP contribution in [0.4, 0.5) is 0 Å². The van der Waals surface area contributed by atoms with Crippen molar-refractivity contribution in [3.05, 3.63) is 66.7 Å². The van der Waals surface area contributed by atoms with E-state index in [0.717, 1.165) is 39.2 Å². The van der Waals surface area contributed by atoms with E-state index in [1.54, 1.807) is 13.4 Å². The molecule has 0 aliphatic heterocycles. The first-order valence-corrected chi connectivity index (χ1v) is 9.25. The van der Waals surface area contributed by atoms with Gasteiger partial charge in [0.2, 0.25) is 0 Å². The maximum atomic E-state index is 5.86. The third-order valence-electron chi connectivity index (χ3n) is 4.60. The van der Waals surface area contributed by atoms with Crippen LogP contribution in [0.3, 0.4) is 0 Å². The summed E-state index contributed by atoms with van der Waals surface area (Å²) in [6, 6.07) is 13.5. The molecule has 0 spiro atoms. The number of H-pyrrole nitrogens is 1. The number of aromatic nitrogens is 3. The molecular formula is C21H20N4O2S. The molecule has 3 N–H and O–H groups in total. The van der Waals surface area contributed by atoms with Gasteiger partial charge in [-0.3, -0.25) is 0 Å². The molecule has 7 heteroatoms. The molecule has 2 aromatic carbocycles. The standard InChI is InChI=1S/C21H20N4O2S/c1-26-15-3-2-4-16(10-15)27-8-7-25-13-23-12-20(25)18-11-24-19-6-5-14(21(22)28)9-17(18)19/h2-6,9-13,24H,7-8H2,1H3,(H2,22,28). The van der Waals surface area contributed by atoms with E-state index in [2.05, 4.69) is 14.5 Å². The number of rotatable bonds is 7. The van der Waals surface area contributed by atoms with Crippen LogP contribution in [0.2, 0.25) is 0 Å². The highest BCUT2D eigenvalue weighted by atomic mass is 32.1. The molecule has 0 aliphatic carbocycles. The summed E-state index contributed by atoms with van der Waals surface area (Å²) < 4.78 is 13.2. The molecule has 28 heavy (non-hydrogen) atoms. The number of thiocarbonyl (C=S) groups is 1. The molecule has 2 heterocycles. The van der Waals surface area contributed by atoms with Crippen LogP contribution in [0, 0.1) is 0 Å². The van der Waals surface area contributed by atoms with Gasteiger partial charge in [0.05, 0.1) is 31.9 Å². The Kier molecular flexibility index (Phi) is 4.99. The van der Waals surface area contributed by atoms with Crippen LogP contribution >= 0.6 is 12.2 Å². The Morgan fingerprint density at radius 1 is 1.21 bits per heavy atom. The summed E-state index contributed by atoms with van der Waals surface area (Å²) >= 11 is 5.11. The fourth-order valence-electron chi connectivity index (χ4n) is 3.16. The molecule has 0 saturated carbocycles. The molecule has 4 aromatic rings. The lowest BCUT2D eigenvalue weighted by atomic mass is 10.1. The number of nitrogens with one attached hydrogen (secondary N) is 1. The SMILES string of the molecule is COc1cccc(OCCn2cncc2-c2c[nH]c3ccc(C(N)=S)cc23)c1. The predicted molar refractivity (Wildman–Crippen MR) is 114 cm³/mol. The molecule has 0 radical (unpaired) electrons. The summed E-state index contributed by atoms with van der Waals surface area (Å²) in [6.07, 6.45) is 5.63. The van der Waals surface area contributed by atoms with Gasteiger partial charge < -0.3 is 24.8 Å². The van der Waals surface area contributed by atoms with E-state index in [1.807, 2.05) is 54.9 Å². The van der Waals surface area contributed by atoms with E-state index >= 15 is 0 Å². The van der Waals surface area contributed by atoms with Gasteiger partial charge in [-0.25, -0.2) is 4.98 Å². The van der Waals surface area contributed by atoms with Gasteiger partial charge in [0, 0.05) is 34.3 Å². The lowest BCUT2D eigenvalue weighted by Crippen LogP contribution is -2.09. The van der Waals surface area contributed by atoms with Crippen LogP contribution in [0.5, 0.6) is 11.5 Å². The summed E-state index contributed by atoms with van der Waals surface area (Å²) in [6.45, 7) is 1.17. The molecule has 0 aliphatic rings. The molecule has 0 saturated heterocycles. The van der Waals surface area contributed by atoms with Gasteiger partial charge in [0.1, 0.15) is 23.1 Å². The molecule has 6 nitrogen and oxygen atoms in total. The molecule has 0 amide bonds. The zero-order valence-corrected chi connectivity index (χ0v) is 16.2. The second-order valence-electron chi connectivity index (χ2n) is 6.33. The number of fused-ring (bicyclic) bond motifs is 1. The Hall–Kier alpha value is -3.32. The lowest BCUT2D eigenvalue weighted by Gasteiger charge is -2.10. The minimum atomic E-state index is 0.384. The van der Waals surface area contributed by atoms with Crippen LogP contribution in [0.1, 0.15) is 5.56 Å². The molecular weight excluding hydrogens is 372 g/mol. The van der Waals surface area contributed by atoms with Crippen molar-refractivity contribution in [1.29, 1.82) is 0 Å². The van der Waals surface area contributed by atoms with Crippen molar-refractivity contribution < 1.29 is 9.47 Å². The number of nitrogens with two attached hydrogens (primary N) is 1. The minimum Gasteiger partial charge on any atom is -0.497 e. The number of ether oxygens (including phenoxy) is 2. The highest BCUT2D eigenvalue weighted by molar-refractivity contribution is 7.80. The Bertz CT molecular complexity index is 1130. The van der Waals surface area contributed by atoms with E-state index in [4.69, 9.17) is 27.4 Å². The largest absolute Gasteiger partial charge is 0.497 e. The van der Waals surface area contributed by atoms with E-state index in [1.165, 1.54) is 0 Å². The maximum Gasteiger partial charge on any atom is 0.123 e. The Morgan fingerprint density at radius 3 is 2.89 bits per heavy atom. The normalized spacial score (nSPS) is 10.9. The number of benzene rings is 2. The number of imidazole rings is 1. The van der Waals surface area contributed by atoms with Crippen molar-refractivity contribution in [2.75, 3.05) is 13.7 Å². The van der Waals surface area contributed by atoms with Gasteiger partial charge >= 0.3 is 0 Å². The summed E-state index contributed by atoms with van der Waals surface area (Å²) in [7, 11) is 1.64. The van der Waals surface area contributed by atoms with Crippen molar-refractivity contribution in [2.45, 2.75) is 6.54 Å². The van der Waals surface area contributed by atoms with Gasteiger partial charge in [-0.1, -0.05) is 18.3 Å². The van der Waals surface area contributed by atoms with Gasteiger partial charge in [-0.2, -0.15) is 0 Å². The molecule has 0 fully saturated rings. The molecule has 0 unspecified atom stereocenters. The van der Waals surface area contributed by atoms with E-state index in [-0.39, 0.29) is 0 Å². The van der Waals surface area contributed by atoms with Gasteiger partial charge in [0.25, 0.3) is 0 Å². The monoisotopic (exact) mass is 392 g/mol. The van der Waals surface area contributed by atoms with Crippen molar-refractivity contribution in [3.63, 3.8) is 0 Å². The first kappa shape index (κ1) is 18.1. The molecule has 0 atom stereocenters. The van der Waals surface area contributed by atoms with Crippen molar-refractivity contribution >= 4 is 28.1 Å². The first-order valence-electron chi connectivity index (χ1n) is 8.84. The van der Waals surface area contributed by atoms with E-state index in [9.17, 15) is 0 Å². The summed E-state index contributed by atoms with van der Waals surface area (Å²) in [5.74, 6) is 1.54. The number of hydrogen-bond acceptors (Lipinski definition) is 4. The molecule has 0 bridgehead atoms. The average molecular weight is 392 g/mol. The van der Waals surface area contributed by atoms with Crippen molar-refractivity contribution in [1.82, 2.24) is 14.5 Å². The predicted octanol–water partition coefficient (Wildman–Crippen LogP) is 3.75. The smallest absolute Gasteiger partial charge is 0.123 e. The summed E-state index contributed by atoms with van der Waals surface area (Å²) in [5, 5.41) is 1.06. The highest BCUT2D eigenvalue weighted by Gasteiger charge is 2.12. The Balaban J connectivity index is 1.55. The second kappa shape index (κ2) is 7.74. The van der Waals surface area contributed by atoms with Gasteiger partial charge in [0.15, 0.2) is 0 Å². The fraction of sp³-hybridized carbons (Fsp3) is 0.143. The highest BCUT2D eigenvalue weighted by Crippen LogP contribution is 2.29. The van der Waals surface area contributed by atoms with Crippen LogP contribution in [-0.4, -0.2) is 33.2 Å². The summed E-state index contributed by atoms with van der Waals surface area (Å²) in [5.41, 5.74) is 9.71.